The molecule has 0 aliphatic carbocycles. The van der Waals surface area contributed by atoms with Gasteiger partial charge >= 0.3 is 11.9 Å². The van der Waals surface area contributed by atoms with Crippen molar-refractivity contribution < 1.29 is 28.1 Å². The maximum Gasteiger partial charge on any atom is 0.416 e. The molecule has 12 nitrogen and oxygen atoms in total. The second-order valence-electron chi connectivity index (χ2n) is 9.84. The van der Waals surface area contributed by atoms with E-state index in [0.717, 1.165) is 22.1 Å². The van der Waals surface area contributed by atoms with E-state index in [2.05, 4.69) is 20.2 Å². The molecule has 1 aliphatic heterocycles. The molecule has 0 spiro atoms. The molecule has 1 fully saturated rings. The zero-order valence-electron chi connectivity index (χ0n) is 22.4. The Labute approximate surface area is 242 Å². The first kappa shape index (κ1) is 29.8. The summed E-state index contributed by atoms with van der Waals surface area (Å²) in [4.78, 5) is 23.5. The third kappa shape index (κ3) is 6.24. The molecular formula is C26H28ClF3N8O4. The molecule has 3 atom stereocenters. The average Bonchev–Trinajstić information content (AvgIpc) is 3.69. The predicted molar refractivity (Wildman–Crippen MR) is 144 cm³/mol. The van der Waals surface area contributed by atoms with Gasteiger partial charge in [0.2, 0.25) is 0 Å². The molecule has 224 valence electrons. The molecular weight excluding hydrogens is 581 g/mol. The molecule has 3 aromatic heterocycles. The van der Waals surface area contributed by atoms with Crippen LogP contribution in [0.3, 0.4) is 0 Å². The van der Waals surface area contributed by atoms with Crippen molar-refractivity contribution in [3.63, 3.8) is 0 Å². The van der Waals surface area contributed by atoms with E-state index in [1.54, 1.807) is 19.4 Å². The summed E-state index contributed by atoms with van der Waals surface area (Å²) in [5, 5.41) is 30.0. The lowest BCUT2D eigenvalue weighted by Gasteiger charge is -2.30. The third-order valence-corrected chi connectivity index (χ3v) is 7.29. The Morgan fingerprint density at radius 3 is 2.64 bits per heavy atom. The van der Waals surface area contributed by atoms with Crippen LogP contribution in [0.1, 0.15) is 30.5 Å². The van der Waals surface area contributed by atoms with Crippen LogP contribution in [0.15, 0.2) is 53.8 Å². The van der Waals surface area contributed by atoms with Crippen molar-refractivity contribution >= 4 is 11.6 Å². The molecule has 4 aromatic rings. The number of aliphatic hydroxyl groups excluding tert-OH is 2. The van der Waals surface area contributed by atoms with E-state index in [-0.39, 0.29) is 24.2 Å². The lowest BCUT2D eigenvalue weighted by molar-refractivity contribution is -0.207. The summed E-state index contributed by atoms with van der Waals surface area (Å²) in [6.45, 7) is -0.171. The maximum absolute atomic E-state index is 13.2. The van der Waals surface area contributed by atoms with Gasteiger partial charge in [0, 0.05) is 42.0 Å². The molecule has 0 radical (unpaired) electrons. The number of nitrogens with zero attached hydrogens (tertiary/aromatic N) is 8. The SMILES string of the molecule is COCC1CCCN1C(O)c1ccncc1-n1cnc(Cn2nc(-c3ccc(Cl)cc3)n(C[C@H](O)C(F)(F)F)c2=O)n1. The van der Waals surface area contributed by atoms with E-state index in [1.807, 2.05) is 4.90 Å². The van der Waals surface area contributed by atoms with Crippen LogP contribution in [0.5, 0.6) is 0 Å². The molecule has 42 heavy (non-hydrogen) atoms. The van der Waals surface area contributed by atoms with E-state index in [1.165, 1.54) is 41.5 Å². The summed E-state index contributed by atoms with van der Waals surface area (Å²) in [7, 11) is 1.61. The highest BCUT2D eigenvalue weighted by atomic mass is 35.5. The fourth-order valence-electron chi connectivity index (χ4n) is 4.95. The number of ether oxygens (including phenoxy) is 1. The van der Waals surface area contributed by atoms with E-state index in [4.69, 9.17) is 16.3 Å². The minimum absolute atomic E-state index is 0.0463. The van der Waals surface area contributed by atoms with Crippen LogP contribution in [-0.4, -0.2) is 87.8 Å². The number of aliphatic hydroxyl groups is 2. The zero-order chi connectivity index (χ0) is 30.0. The van der Waals surface area contributed by atoms with Crippen LogP contribution in [0, 0.1) is 0 Å². The number of halogens is 4. The molecule has 0 bridgehead atoms. The Kier molecular flexibility index (Phi) is 8.75. The van der Waals surface area contributed by atoms with Crippen LogP contribution < -0.4 is 5.69 Å². The average molecular weight is 609 g/mol. The van der Waals surface area contributed by atoms with Crippen LogP contribution >= 0.6 is 11.6 Å². The second-order valence-corrected chi connectivity index (χ2v) is 10.3. The van der Waals surface area contributed by atoms with Crippen molar-refractivity contribution in [3.8, 4) is 17.1 Å². The molecule has 0 saturated carbocycles. The fraction of sp³-hybridized carbons (Fsp3) is 0.423. The zero-order valence-corrected chi connectivity index (χ0v) is 23.1. The van der Waals surface area contributed by atoms with Crippen LogP contribution in [0.25, 0.3) is 17.1 Å². The van der Waals surface area contributed by atoms with Gasteiger partial charge in [-0.15, -0.1) is 10.2 Å². The molecule has 2 unspecified atom stereocenters. The number of aromatic nitrogens is 7. The van der Waals surface area contributed by atoms with Crippen LogP contribution in [-0.2, 0) is 17.8 Å². The van der Waals surface area contributed by atoms with E-state index in [9.17, 15) is 28.2 Å². The van der Waals surface area contributed by atoms with Gasteiger partial charge in [0.25, 0.3) is 0 Å². The number of rotatable bonds is 10. The quantitative estimate of drug-likeness (QED) is 0.278. The van der Waals surface area contributed by atoms with Gasteiger partial charge in [0.15, 0.2) is 17.8 Å². The summed E-state index contributed by atoms with van der Waals surface area (Å²) in [5.41, 5.74) is 0.429. The fourth-order valence-corrected chi connectivity index (χ4v) is 5.08. The Hall–Kier alpha value is -3.63. The van der Waals surface area contributed by atoms with Crippen LogP contribution in [0.2, 0.25) is 5.02 Å². The van der Waals surface area contributed by atoms with E-state index in [0.29, 0.717) is 35.0 Å². The smallest absolute Gasteiger partial charge is 0.383 e. The van der Waals surface area contributed by atoms with Crippen molar-refractivity contribution in [2.24, 2.45) is 0 Å². The first-order valence-electron chi connectivity index (χ1n) is 13.0. The molecule has 4 heterocycles. The second kappa shape index (κ2) is 12.3. The number of pyridine rings is 1. The summed E-state index contributed by atoms with van der Waals surface area (Å²) >= 11 is 5.94. The summed E-state index contributed by atoms with van der Waals surface area (Å²) in [6, 6.07) is 7.75. The maximum atomic E-state index is 13.2. The van der Waals surface area contributed by atoms with Gasteiger partial charge in [-0.25, -0.2) is 19.1 Å². The van der Waals surface area contributed by atoms with Crippen molar-refractivity contribution in [1.82, 2.24) is 39.0 Å². The van der Waals surface area contributed by atoms with Crippen molar-refractivity contribution in [2.75, 3.05) is 20.3 Å². The van der Waals surface area contributed by atoms with Gasteiger partial charge in [-0.3, -0.25) is 14.5 Å². The van der Waals surface area contributed by atoms with E-state index >= 15 is 0 Å². The first-order valence-corrected chi connectivity index (χ1v) is 13.4. The minimum atomic E-state index is -4.94. The molecule has 1 aliphatic rings. The highest BCUT2D eigenvalue weighted by molar-refractivity contribution is 6.30. The molecule has 16 heteroatoms. The largest absolute Gasteiger partial charge is 0.416 e. The lowest BCUT2D eigenvalue weighted by atomic mass is 10.1. The van der Waals surface area contributed by atoms with Crippen molar-refractivity contribution in [3.05, 3.63) is 75.9 Å². The molecule has 2 N–H and O–H groups in total. The number of hydrogen-bond donors (Lipinski definition) is 2. The monoisotopic (exact) mass is 608 g/mol. The van der Waals surface area contributed by atoms with Gasteiger partial charge in [0.1, 0.15) is 19.1 Å². The molecule has 1 saturated heterocycles. The Balaban J connectivity index is 1.44. The summed E-state index contributed by atoms with van der Waals surface area (Å²) < 4.78 is 47.8. The number of likely N-dealkylation sites (tertiary alicyclic amines) is 1. The van der Waals surface area contributed by atoms with Gasteiger partial charge in [0.05, 0.1) is 25.0 Å². The van der Waals surface area contributed by atoms with Gasteiger partial charge in [-0.1, -0.05) is 11.6 Å². The Morgan fingerprint density at radius 1 is 1.17 bits per heavy atom. The first-order chi connectivity index (χ1) is 20.1. The molecule has 5 rings (SSSR count). The molecule has 0 amide bonds. The number of hydrogen-bond acceptors (Lipinski definition) is 9. The number of methoxy groups -OCH3 is 1. The molecule has 1 aromatic carbocycles. The standard InChI is InChI=1S/C26H28ClF3N8O4/c1-42-14-18-3-2-10-35(18)24(40)19-8-9-31-11-20(19)38-15-32-22(33-38)13-37-25(41)36(12-21(39)26(28,29)30)23(34-37)16-4-6-17(27)7-5-16/h4-9,11,15,18,21,24,39-40H,2-3,10,12-14H2,1H3/t18?,21-,24?/m0/s1. The topological polar surface area (TPSA) is 136 Å². The minimum Gasteiger partial charge on any atom is -0.383 e. The third-order valence-electron chi connectivity index (χ3n) is 7.04. The number of alkyl halides is 3. The number of benzene rings is 1. The van der Waals surface area contributed by atoms with Gasteiger partial charge in [-0.05, 0) is 43.2 Å². The van der Waals surface area contributed by atoms with E-state index < -0.39 is 30.7 Å². The van der Waals surface area contributed by atoms with Gasteiger partial charge in [-0.2, -0.15) is 13.2 Å². The summed E-state index contributed by atoms with van der Waals surface area (Å²) in [5.74, 6) is 0.0387. The predicted octanol–water partition coefficient (Wildman–Crippen LogP) is 2.41. The normalized spacial score (nSPS) is 17.5. The highest BCUT2D eigenvalue weighted by Crippen LogP contribution is 2.30. The summed E-state index contributed by atoms with van der Waals surface area (Å²) in [6.07, 6.45) is -2.42. The van der Waals surface area contributed by atoms with Crippen molar-refractivity contribution in [2.45, 2.75) is 50.5 Å². The van der Waals surface area contributed by atoms with Gasteiger partial charge < -0.3 is 14.9 Å². The van der Waals surface area contributed by atoms with Crippen LogP contribution in [0.4, 0.5) is 13.2 Å². The lowest BCUT2D eigenvalue weighted by Crippen LogP contribution is -2.37. The highest BCUT2D eigenvalue weighted by Gasteiger charge is 2.39. The van der Waals surface area contributed by atoms with Crippen molar-refractivity contribution in [1.29, 1.82) is 0 Å². The Bertz CT molecular complexity index is 1570. The Morgan fingerprint density at radius 2 is 1.93 bits per heavy atom.